The number of urea groups is 1. The molecule has 0 aliphatic carbocycles. The number of halogens is 1. The van der Waals surface area contributed by atoms with Crippen molar-refractivity contribution < 1.29 is 9.18 Å². The summed E-state index contributed by atoms with van der Waals surface area (Å²) in [7, 11) is 0. The van der Waals surface area contributed by atoms with Gasteiger partial charge in [0.1, 0.15) is 5.82 Å². The van der Waals surface area contributed by atoms with Crippen molar-refractivity contribution in [2.75, 3.05) is 11.9 Å². The van der Waals surface area contributed by atoms with Crippen LogP contribution in [0.1, 0.15) is 11.1 Å². The van der Waals surface area contributed by atoms with Crippen molar-refractivity contribution in [2.24, 2.45) is 0 Å². The zero-order valence-electron chi connectivity index (χ0n) is 11.6. The van der Waals surface area contributed by atoms with Crippen molar-refractivity contribution in [3.8, 4) is 11.8 Å². The fourth-order valence-electron chi connectivity index (χ4n) is 1.70. The summed E-state index contributed by atoms with van der Waals surface area (Å²) in [6, 6.07) is 13.1. The van der Waals surface area contributed by atoms with Crippen LogP contribution in [0, 0.1) is 24.6 Å². The van der Waals surface area contributed by atoms with Gasteiger partial charge in [-0.05, 0) is 48.9 Å². The van der Waals surface area contributed by atoms with E-state index in [1.807, 2.05) is 31.2 Å². The lowest BCUT2D eigenvalue weighted by molar-refractivity contribution is 0.253. The molecule has 2 N–H and O–H groups in total. The molecule has 0 aliphatic rings. The highest BCUT2D eigenvalue weighted by Crippen LogP contribution is 2.08. The first-order valence-corrected chi connectivity index (χ1v) is 6.49. The molecule has 0 spiro atoms. The van der Waals surface area contributed by atoms with Crippen LogP contribution in [0.4, 0.5) is 14.9 Å². The summed E-state index contributed by atoms with van der Waals surface area (Å²) < 4.78 is 12.7. The number of rotatable bonds is 2. The third-order valence-corrected chi connectivity index (χ3v) is 2.69. The average molecular weight is 282 g/mol. The SMILES string of the molecule is Cc1cccc(NC(=O)NCC#Cc2ccc(F)cc2)c1. The van der Waals surface area contributed by atoms with Crippen molar-refractivity contribution in [2.45, 2.75) is 6.92 Å². The molecule has 0 aliphatic heterocycles. The van der Waals surface area contributed by atoms with Crippen LogP contribution < -0.4 is 10.6 Å². The Kier molecular flexibility index (Phi) is 4.94. The van der Waals surface area contributed by atoms with Crippen LogP contribution in [-0.4, -0.2) is 12.6 Å². The number of anilines is 1. The zero-order valence-corrected chi connectivity index (χ0v) is 11.6. The van der Waals surface area contributed by atoms with Gasteiger partial charge in [0.05, 0.1) is 6.54 Å². The molecule has 3 nitrogen and oxygen atoms in total. The Balaban J connectivity index is 1.81. The summed E-state index contributed by atoms with van der Waals surface area (Å²) in [5.74, 6) is 5.35. The Morgan fingerprint density at radius 1 is 1.19 bits per heavy atom. The van der Waals surface area contributed by atoms with E-state index in [-0.39, 0.29) is 18.4 Å². The molecule has 0 saturated heterocycles. The topological polar surface area (TPSA) is 41.1 Å². The van der Waals surface area contributed by atoms with Crippen LogP contribution >= 0.6 is 0 Å². The monoisotopic (exact) mass is 282 g/mol. The van der Waals surface area contributed by atoms with E-state index >= 15 is 0 Å². The van der Waals surface area contributed by atoms with E-state index in [2.05, 4.69) is 22.5 Å². The highest BCUT2D eigenvalue weighted by atomic mass is 19.1. The van der Waals surface area contributed by atoms with Crippen LogP contribution in [-0.2, 0) is 0 Å². The first-order valence-electron chi connectivity index (χ1n) is 6.49. The first-order chi connectivity index (χ1) is 10.1. The molecule has 0 aromatic heterocycles. The second-order valence-corrected chi connectivity index (χ2v) is 4.49. The first kappa shape index (κ1) is 14.6. The zero-order chi connectivity index (χ0) is 15.1. The normalized spacial score (nSPS) is 9.43. The molecule has 21 heavy (non-hydrogen) atoms. The van der Waals surface area contributed by atoms with Gasteiger partial charge in [-0.1, -0.05) is 24.0 Å². The van der Waals surface area contributed by atoms with Gasteiger partial charge in [0.25, 0.3) is 0 Å². The second-order valence-electron chi connectivity index (χ2n) is 4.49. The molecular weight excluding hydrogens is 267 g/mol. The average Bonchev–Trinajstić information content (AvgIpc) is 2.45. The lowest BCUT2D eigenvalue weighted by Gasteiger charge is -2.05. The Labute approximate surface area is 123 Å². The number of amides is 2. The number of hydrogen-bond donors (Lipinski definition) is 2. The van der Waals surface area contributed by atoms with Crippen LogP contribution in [0.25, 0.3) is 0 Å². The summed E-state index contributed by atoms with van der Waals surface area (Å²) in [6.45, 7) is 2.17. The molecule has 106 valence electrons. The van der Waals surface area contributed by atoms with Gasteiger partial charge in [0, 0.05) is 11.3 Å². The predicted molar refractivity (Wildman–Crippen MR) is 81.5 cm³/mol. The third kappa shape index (κ3) is 5.00. The summed E-state index contributed by atoms with van der Waals surface area (Å²) in [4.78, 5) is 11.6. The molecule has 2 amide bonds. The maximum Gasteiger partial charge on any atom is 0.319 e. The predicted octanol–water partition coefficient (Wildman–Crippen LogP) is 3.31. The molecule has 0 bridgehead atoms. The number of benzene rings is 2. The summed E-state index contributed by atoms with van der Waals surface area (Å²) in [6.07, 6.45) is 0. The largest absolute Gasteiger partial charge is 0.327 e. The van der Waals surface area contributed by atoms with Crippen LogP contribution in [0.15, 0.2) is 48.5 Å². The van der Waals surface area contributed by atoms with E-state index in [0.29, 0.717) is 5.56 Å². The van der Waals surface area contributed by atoms with Gasteiger partial charge < -0.3 is 10.6 Å². The molecule has 0 unspecified atom stereocenters. The minimum atomic E-state index is -0.311. The maximum absolute atomic E-state index is 12.7. The standard InChI is InChI=1S/C17H15FN2O/c1-13-4-2-6-16(12-13)20-17(21)19-11-3-5-14-7-9-15(18)10-8-14/h2,4,6-10,12H,11H2,1H3,(H2,19,20,21). The maximum atomic E-state index is 12.7. The molecule has 0 saturated carbocycles. The Hall–Kier alpha value is -2.80. The van der Waals surface area contributed by atoms with E-state index < -0.39 is 0 Å². The second kappa shape index (κ2) is 7.11. The number of carbonyl (C=O) groups is 1. The molecule has 2 rings (SSSR count). The third-order valence-electron chi connectivity index (χ3n) is 2.69. The van der Waals surface area contributed by atoms with E-state index in [1.54, 1.807) is 12.1 Å². The molecule has 0 heterocycles. The highest BCUT2D eigenvalue weighted by Gasteiger charge is 1.99. The summed E-state index contributed by atoms with van der Waals surface area (Å²) in [5, 5.41) is 5.36. The molecular formula is C17H15FN2O. The number of carbonyl (C=O) groups excluding carboxylic acids is 1. The van der Waals surface area contributed by atoms with Crippen LogP contribution in [0.2, 0.25) is 0 Å². The molecule has 4 heteroatoms. The fourth-order valence-corrected chi connectivity index (χ4v) is 1.70. The van der Waals surface area contributed by atoms with Gasteiger partial charge in [0.15, 0.2) is 0 Å². The molecule has 0 fully saturated rings. The van der Waals surface area contributed by atoms with Crippen LogP contribution in [0.3, 0.4) is 0 Å². The van der Waals surface area contributed by atoms with Gasteiger partial charge in [-0.3, -0.25) is 0 Å². The number of aryl methyl sites for hydroxylation is 1. The van der Waals surface area contributed by atoms with E-state index in [9.17, 15) is 9.18 Å². The van der Waals surface area contributed by atoms with E-state index in [0.717, 1.165) is 11.3 Å². The van der Waals surface area contributed by atoms with Gasteiger partial charge >= 0.3 is 6.03 Å². The van der Waals surface area contributed by atoms with Crippen molar-refractivity contribution >= 4 is 11.7 Å². The Bertz CT molecular complexity index is 684. The summed E-state index contributed by atoms with van der Waals surface area (Å²) >= 11 is 0. The van der Waals surface area contributed by atoms with Crippen LogP contribution in [0.5, 0.6) is 0 Å². The molecule has 2 aromatic rings. The highest BCUT2D eigenvalue weighted by molar-refractivity contribution is 5.89. The van der Waals surface area contributed by atoms with Gasteiger partial charge in [0.2, 0.25) is 0 Å². The van der Waals surface area contributed by atoms with Crippen molar-refractivity contribution in [1.29, 1.82) is 0 Å². The Morgan fingerprint density at radius 3 is 2.67 bits per heavy atom. The summed E-state index contributed by atoms with van der Waals surface area (Å²) in [5.41, 5.74) is 2.51. The van der Waals surface area contributed by atoms with E-state index in [4.69, 9.17) is 0 Å². The number of nitrogens with one attached hydrogen (secondary N) is 2. The minimum absolute atomic E-state index is 0.217. The number of hydrogen-bond acceptors (Lipinski definition) is 1. The molecule has 0 atom stereocenters. The minimum Gasteiger partial charge on any atom is -0.327 e. The van der Waals surface area contributed by atoms with E-state index in [1.165, 1.54) is 12.1 Å². The van der Waals surface area contributed by atoms with Gasteiger partial charge in [-0.15, -0.1) is 0 Å². The quantitative estimate of drug-likeness (QED) is 0.815. The van der Waals surface area contributed by atoms with Crippen molar-refractivity contribution in [3.05, 3.63) is 65.5 Å². The van der Waals surface area contributed by atoms with Gasteiger partial charge in [-0.25, -0.2) is 9.18 Å². The van der Waals surface area contributed by atoms with Crippen molar-refractivity contribution in [3.63, 3.8) is 0 Å². The van der Waals surface area contributed by atoms with Crippen molar-refractivity contribution in [1.82, 2.24) is 5.32 Å². The smallest absolute Gasteiger partial charge is 0.319 e. The molecule has 0 radical (unpaired) electrons. The fraction of sp³-hybridized carbons (Fsp3) is 0.118. The Morgan fingerprint density at radius 2 is 1.95 bits per heavy atom. The lowest BCUT2D eigenvalue weighted by atomic mass is 10.2. The lowest BCUT2D eigenvalue weighted by Crippen LogP contribution is -2.28. The molecule has 2 aromatic carbocycles. The van der Waals surface area contributed by atoms with Gasteiger partial charge in [-0.2, -0.15) is 0 Å².